The lowest BCUT2D eigenvalue weighted by molar-refractivity contribution is 0.279. The molecule has 0 aromatic heterocycles. The summed E-state index contributed by atoms with van der Waals surface area (Å²) in [4.78, 5) is 0. The lowest BCUT2D eigenvalue weighted by Gasteiger charge is -2.17. The van der Waals surface area contributed by atoms with Gasteiger partial charge in [-0.25, -0.2) is 0 Å². The fourth-order valence-corrected chi connectivity index (χ4v) is 1.89. The molecule has 20 heavy (non-hydrogen) atoms. The van der Waals surface area contributed by atoms with E-state index in [0.29, 0.717) is 6.61 Å². The number of rotatable bonds is 7. The van der Waals surface area contributed by atoms with Gasteiger partial charge < -0.3 is 15.2 Å². The van der Waals surface area contributed by atoms with Crippen LogP contribution in [0.5, 0.6) is 11.5 Å². The van der Waals surface area contributed by atoms with Crippen molar-refractivity contribution in [2.45, 2.75) is 39.7 Å². The van der Waals surface area contributed by atoms with E-state index in [1.54, 1.807) is 7.11 Å². The molecule has 0 amide bonds. The zero-order valence-electron chi connectivity index (χ0n) is 12.8. The molecule has 2 N–H and O–H groups in total. The summed E-state index contributed by atoms with van der Waals surface area (Å²) in [5.74, 6) is 1.51. The monoisotopic (exact) mass is 276 g/mol. The van der Waals surface area contributed by atoms with Gasteiger partial charge in [-0.2, -0.15) is 5.26 Å². The molecular formula is C16H24N2O2. The van der Waals surface area contributed by atoms with E-state index in [0.717, 1.165) is 29.9 Å². The number of benzene rings is 1. The standard InChI is InChI=1S/C16H24N2O2/c1-12(18)14-7-6-13(19-4)10-15(14)20-9-5-8-16(2,3)11-17/h6-7,10,12H,5,8-9,18H2,1-4H3. The fourth-order valence-electron chi connectivity index (χ4n) is 1.89. The maximum Gasteiger partial charge on any atom is 0.127 e. The highest BCUT2D eigenvalue weighted by molar-refractivity contribution is 5.42. The van der Waals surface area contributed by atoms with Crippen molar-refractivity contribution < 1.29 is 9.47 Å². The van der Waals surface area contributed by atoms with Crippen molar-refractivity contribution in [1.82, 2.24) is 0 Å². The smallest absolute Gasteiger partial charge is 0.127 e. The highest BCUT2D eigenvalue weighted by Gasteiger charge is 2.16. The molecule has 0 aliphatic rings. The molecule has 0 aliphatic heterocycles. The largest absolute Gasteiger partial charge is 0.497 e. The molecule has 1 unspecified atom stereocenters. The van der Waals surface area contributed by atoms with Gasteiger partial charge in [-0.05, 0) is 39.7 Å². The molecule has 0 bridgehead atoms. The molecule has 110 valence electrons. The number of ether oxygens (including phenoxy) is 2. The summed E-state index contributed by atoms with van der Waals surface area (Å²) in [5, 5.41) is 8.97. The number of nitrogens with two attached hydrogens (primary N) is 1. The van der Waals surface area contributed by atoms with Gasteiger partial charge in [0, 0.05) is 17.7 Å². The molecular weight excluding hydrogens is 252 g/mol. The predicted molar refractivity (Wildman–Crippen MR) is 79.7 cm³/mol. The minimum atomic E-state index is -0.304. The van der Waals surface area contributed by atoms with E-state index in [1.165, 1.54) is 0 Å². The van der Waals surface area contributed by atoms with E-state index in [4.69, 9.17) is 20.5 Å². The third-order valence-corrected chi connectivity index (χ3v) is 3.22. The quantitative estimate of drug-likeness (QED) is 0.775. The normalized spacial score (nSPS) is 12.6. The molecule has 1 rings (SSSR count). The minimum Gasteiger partial charge on any atom is -0.497 e. The number of hydrogen-bond donors (Lipinski definition) is 1. The van der Waals surface area contributed by atoms with Crippen LogP contribution in [0.4, 0.5) is 0 Å². The van der Waals surface area contributed by atoms with E-state index in [1.807, 2.05) is 39.0 Å². The van der Waals surface area contributed by atoms with Crippen LogP contribution in [0.2, 0.25) is 0 Å². The number of nitrogens with zero attached hydrogens (tertiary/aromatic N) is 1. The van der Waals surface area contributed by atoms with Crippen LogP contribution in [-0.2, 0) is 0 Å². The summed E-state index contributed by atoms with van der Waals surface area (Å²) in [7, 11) is 1.63. The molecule has 1 aromatic carbocycles. The summed E-state index contributed by atoms with van der Waals surface area (Å²) < 4.78 is 11.0. The van der Waals surface area contributed by atoms with Crippen molar-refractivity contribution in [1.29, 1.82) is 5.26 Å². The Hall–Kier alpha value is -1.73. The summed E-state index contributed by atoms with van der Waals surface area (Å²) >= 11 is 0. The Morgan fingerprint density at radius 1 is 1.40 bits per heavy atom. The zero-order chi connectivity index (χ0) is 15.2. The minimum absolute atomic E-state index is 0.0912. The van der Waals surface area contributed by atoms with Gasteiger partial charge in [0.15, 0.2) is 0 Å². The van der Waals surface area contributed by atoms with Crippen molar-refractivity contribution in [2.75, 3.05) is 13.7 Å². The predicted octanol–water partition coefficient (Wildman–Crippen LogP) is 3.42. The van der Waals surface area contributed by atoms with Gasteiger partial charge in [0.1, 0.15) is 11.5 Å². The molecule has 4 heteroatoms. The Balaban J connectivity index is 2.65. The highest BCUT2D eigenvalue weighted by atomic mass is 16.5. The van der Waals surface area contributed by atoms with E-state index in [2.05, 4.69) is 6.07 Å². The van der Waals surface area contributed by atoms with Crippen molar-refractivity contribution in [3.63, 3.8) is 0 Å². The third kappa shape index (κ3) is 4.75. The third-order valence-electron chi connectivity index (χ3n) is 3.22. The Bertz CT molecular complexity index is 476. The van der Waals surface area contributed by atoms with Gasteiger partial charge in [0.2, 0.25) is 0 Å². The molecule has 0 aliphatic carbocycles. The molecule has 4 nitrogen and oxygen atoms in total. The second kappa shape index (κ2) is 7.16. The molecule has 1 atom stereocenters. The van der Waals surface area contributed by atoms with Gasteiger partial charge in [-0.1, -0.05) is 6.07 Å². The summed E-state index contributed by atoms with van der Waals surface area (Å²) in [6, 6.07) is 7.86. The van der Waals surface area contributed by atoms with Gasteiger partial charge in [-0.3, -0.25) is 0 Å². The van der Waals surface area contributed by atoms with Crippen molar-refractivity contribution in [2.24, 2.45) is 11.1 Å². The van der Waals surface area contributed by atoms with Crippen LogP contribution in [0.25, 0.3) is 0 Å². The maximum atomic E-state index is 8.97. The first-order chi connectivity index (χ1) is 9.39. The molecule has 0 saturated carbocycles. The molecule has 0 saturated heterocycles. The summed E-state index contributed by atoms with van der Waals surface area (Å²) in [5.41, 5.74) is 6.60. The molecule has 0 spiro atoms. The number of nitriles is 1. The lowest BCUT2D eigenvalue weighted by atomic mass is 9.90. The SMILES string of the molecule is COc1ccc(C(C)N)c(OCCCC(C)(C)C#N)c1. The molecule has 0 radical (unpaired) electrons. The molecule has 0 fully saturated rings. The van der Waals surface area contributed by atoms with Gasteiger partial charge in [0.25, 0.3) is 0 Å². The van der Waals surface area contributed by atoms with Crippen LogP contribution in [0, 0.1) is 16.7 Å². The van der Waals surface area contributed by atoms with Crippen LogP contribution in [-0.4, -0.2) is 13.7 Å². The Morgan fingerprint density at radius 3 is 2.65 bits per heavy atom. The average Bonchev–Trinajstić information content (AvgIpc) is 2.43. The Labute approximate surface area is 121 Å². The van der Waals surface area contributed by atoms with Crippen molar-refractivity contribution >= 4 is 0 Å². The summed E-state index contributed by atoms with van der Waals surface area (Å²) in [6.07, 6.45) is 1.64. The van der Waals surface area contributed by atoms with Gasteiger partial charge >= 0.3 is 0 Å². The van der Waals surface area contributed by atoms with Crippen LogP contribution < -0.4 is 15.2 Å². The van der Waals surface area contributed by atoms with Crippen LogP contribution in [0.15, 0.2) is 18.2 Å². The van der Waals surface area contributed by atoms with E-state index >= 15 is 0 Å². The van der Waals surface area contributed by atoms with Gasteiger partial charge in [-0.15, -0.1) is 0 Å². The average molecular weight is 276 g/mol. The van der Waals surface area contributed by atoms with Crippen LogP contribution in [0.3, 0.4) is 0 Å². The van der Waals surface area contributed by atoms with Crippen molar-refractivity contribution in [3.05, 3.63) is 23.8 Å². The second-order valence-electron chi connectivity index (χ2n) is 5.64. The van der Waals surface area contributed by atoms with Crippen LogP contribution in [0.1, 0.15) is 45.2 Å². The zero-order valence-corrected chi connectivity index (χ0v) is 12.8. The molecule has 0 heterocycles. The first-order valence-corrected chi connectivity index (χ1v) is 6.87. The number of hydrogen-bond acceptors (Lipinski definition) is 4. The van der Waals surface area contributed by atoms with E-state index in [-0.39, 0.29) is 11.5 Å². The van der Waals surface area contributed by atoms with E-state index in [9.17, 15) is 0 Å². The maximum absolute atomic E-state index is 8.97. The summed E-state index contributed by atoms with van der Waals surface area (Å²) in [6.45, 7) is 6.36. The molecule has 1 aromatic rings. The Kier molecular flexibility index (Phi) is 5.84. The first kappa shape index (κ1) is 16.3. The second-order valence-corrected chi connectivity index (χ2v) is 5.64. The first-order valence-electron chi connectivity index (χ1n) is 6.87. The Morgan fingerprint density at radius 2 is 2.10 bits per heavy atom. The van der Waals surface area contributed by atoms with Crippen LogP contribution >= 0.6 is 0 Å². The highest BCUT2D eigenvalue weighted by Crippen LogP contribution is 2.29. The fraction of sp³-hybridized carbons (Fsp3) is 0.562. The van der Waals surface area contributed by atoms with Gasteiger partial charge in [0.05, 0.1) is 25.2 Å². The number of methoxy groups -OCH3 is 1. The lowest BCUT2D eigenvalue weighted by Crippen LogP contribution is -2.12. The topological polar surface area (TPSA) is 68.3 Å². The van der Waals surface area contributed by atoms with Crippen molar-refractivity contribution in [3.8, 4) is 17.6 Å². The van der Waals surface area contributed by atoms with E-state index < -0.39 is 0 Å².